The number of hydrogen-bond acceptors (Lipinski definition) is 3. The van der Waals surface area contributed by atoms with Crippen LogP contribution in [0, 0.1) is 0 Å². The third-order valence-corrected chi connectivity index (χ3v) is 3.41. The van der Waals surface area contributed by atoms with Crippen molar-refractivity contribution in [2.75, 3.05) is 0 Å². The first-order valence-electron chi connectivity index (χ1n) is 6.60. The summed E-state index contributed by atoms with van der Waals surface area (Å²) in [5, 5.41) is 6.24. The Bertz CT molecular complexity index is 784. The molecule has 0 aliphatic rings. The van der Waals surface area contributed by atoms with Gasteiger partial charge in [-0.3, -0.25) is 14.5 Å². The maximum Gasteiger partial charge on any atom is 0.197 e. The Morgan fingerprint density at radius 3 is 2.90 bits per heavy atom. The Labute approximate surface area is 117 Å². The zero-order valence-electron chi connectivity index (χ0n) is 11.5. The Balaban J connectivity index is 2.17. The molecule has 0 spiro atoms. The van der Waals surface area contributed by atoms with Crippen molar-refractivity contribution in [3.63, 3.8) is 0 Å². The van der Waals surface area contributed by atoms with Gasteiger partial charge in [0.25, 0.3) is 0 Å². The number of benzene rings is 1. The molecule has 0 fully saturated rings. The summed E-state index contributed by atoms with van der Waals surface area (Å²) in [4.78, 5) is 16.9. The van der Waals surface area contributed by atoms with Gasteiger partial charge in [0.05, 0.1) is 11.3 Å². The van der Waals surface area contributed by atoms with E-state index in [2.05, 4.69) is 10.1 Å². The van der Waals surface area contributed by atoms with Crippen LogP contribution in [0.5, 0.6) is 0 Å². The number of nitrogens with zero attached hydrogens (tertiary/aromatic N) is 3. The number of carbonyl (C=O) groups is 1. The third kappa shape index (κ3) is 1.99. The number of carbonyl (C=O) groups excluding carboxylic acids is 1. The number of ketones is 1. The molecule has 0 radical (unpaired) electrons. The van der Waals surface area contributed by atoms with E-state index < -0.39 is 0 Å². The highest BCUT2D eigenvalue weighted by molar-refractivity contribution is 6.16. The molecule has 100 valence electrons. The second-order valence-corrected chi connectivity index (χ2v) is 4.75. The standard InChI is InChI=1S/C16H15N3O/c1-3-15-14(10-19(2)18-15)16(20)13-6-4-5-11-9-17-8-7-12(11)13/h4-10H,3H2,1-2H3. The van der Waals surface area contributed by atoms with E-state index in [0.29, 0.717) is 11.1 Å². The van der Waals surface area contributed by atoms with Crippen LogP contribution < -0.4 is 0 Å². The molecule has 0 N–H and O–H groups in total. The van der Waals surface area contributed by atoms with Gasteiger partial charge in [0.2, 0.25) is 0 Å². The zero-order valence-corrected chi connectivity index (χ0v) is 11.5. The van der Waals surface area contributed by atoms with Crippen molar-refractivity contribution < 1.29 is 4.79 Å². The SMILES string of the molecule is CCc1nn(C)cc1C(=O)c1cccc2cnccc12. The van der Waals surface area contributed by atoms with Crippen molar-refractivity contribution in [3.05, 3.63) is 59.7 Å². The summed E-state index contributed by atoms with van der Waals surface area (Å²) in [6.07, 6.45) is 6.02. The smallest absolute Gasteiger partial charge is 0.197 e. The van der Waals surface area contributed by atoms with Crippen LogP contribution >= 0.6 is 0 Å². The van der Waals surface area contributed by atoms with Crippen LogP contribution in [0.25, 0.3) is 10.8 Å². The van der Waals surface area contributed by atoms with Crippen LogP contribution in [0.2, 0.25) is 0 Å². The van der Waals surface area contributed by atoms with Crippen LogP contribution in [0.3, 0.4) is 0 Å². The van der Waals surface area contributed by atoms with E-state index in [4.69, 9.17) is 0 Å². The highest BCUT2D eigenvalue weighted by Gasteiger charge is 2.18. The Morgan fingerprint density at radius 2 is 2.10 bits per heavy atom. The molecular weight excluding hydrogens is 250 g/mol. The minimum Gasteiger partial charge on any atom is -0.288 e. The summed E-state index contributed by atoms with van der Waals surface area (Å²) in [7, 11) is 1.84. The van der Waals surface area contributed by atoms with Gasteiger partial charge in [0.1, 0.15) is 0 Å². The van der Waals surface area contributed by atoms with Crippen LogP contribution in [0.1, 0.15) is 28.5 Å². The monoisotopic (exact) mass is 265 g/mol. The largest absolute Gasteiger partial charge is 0.288 e. The van der Waals surface area contributed by atoms with E-state index in [1.165, 1.54) is 0 Å². The second-order valence-electron chi connectivity index (χ2n) is 4.75. The molecule has 2 heterocycles. The fourth-order valence-corrected chi connectivity index (χ4v) is 2.45. The van der Waals surface area contributed by atoms with E-state index in [-0.39, 0.29) is 5.78 Å². The van der Waals surface area contributed by atoms with Crippen LogP contribution in [0.4, 0.5) is 0 Å². The molecule has 2 aromatic heterocycles. The van der Waals surface area contributed by atoms with Gasteiger partial charge in [0, 0.05) is 36.6 Å². The van der Waals surface area contributed by atoms with Gasteiger partial charge in [-0.05, 0) is 17.9 Å². The fraction of sp³-hybridized carbons (Fsp3) is 0.188. The first-order chi connectivity index (χ1) is 9.70. The van der Waals surface area contributed by atoms with E-state index in [0.717, 1.165) is 22.9 Å². The first-order valence-corrected chi connectivity index (χ1v) is 6.60. The van der Waals surface area contributed by atoms with Gasteiger partial charge in [-0.15, -0.1) is 0 Å². The van der Waals surface area contributed by atoms with Crippen molar-refractivity contribution >= 4 is 16.6 Å². The second kappa shape index (κ2) is 4.89. The number of fused-ring (bicyclic) bond motifs is 1. The Hall–Kier alpha value is -2.49. The van der Waals surface area contributed by atoms with E-state index in [1.54, 1.807) is 23.3 Å². The highest BCUT2D eigenvalue weighted by Crippen LogP contribution is 2.22. The van der Waals surface area contributed by atoms with Crippen molar-refractivity contribution in [3.8, 4) is 0 Å². The molecule has 0 saturated heterocycles. The maximum absolute atomic E-state index is 12.8. The van der Waals surface area contributed by atoms with Crippen LogP contribution in [-0.4, -0.2) is 20.5 Å². The normalized spacial score (nSPS) is 10.9. The van der Waals surface area contributed by atoms with Crippen molar-refractivity contribution in [1.82, 2.24) is 14.8 Å². The molecule has 0 aliphatic heterocycles. The average molecular weight is 265 g/mol. The average Bonchev–Trinajstić information content (AvgIpc) is 2.87. The lowest BCUT2D eigenvalue weighted by atomic mass is 9.98. The summed E-state index contributed by atoms with van der Waals surface area (Å²) in [5.74, 6) is 0.0201. The van der Waals surface area contributed by atoms with Gasteiger partial charge >= 0.3 is 0 Å². The molecule has 0 atom stereocenters. The van der Waals surface area contributed by atoms with E-state index in [1.807, 2.05) is 38.2 Å². The van der Waals surface area contributed by atoms with Gasteiger partial charge in [0.15, 0.2) is 5.78 Å². The summed E-state index contributed by atoms with van der Waals surface area (Å²) in [5.41, 5.74) is 2.22. The highest BCUT2D eigenvalue weighted by atomic mass is 16.1. The first kappa shape index (κ1) is 12.5. The van der Waals surface area contributed by atoms with Gasteiger partial charge < -0.3 is 0 Å². The number of aryl methyl sites for hydroxylation is 2. The molecule has 4 heteroatoms. The number of pyridine rings is 1. The topological polar surface area (TPSA) is 47.8 Å². The van der Waals surface area contributed by atoms with Crippen molar-refractivity contribution in [2.45, 2.75) is 13.3 Å². The molecule has 0 bridgehead atoms. The Kier molecular flexibility index (Phi) is 3.06. The number of aromatic nitrogens is 3. The maximum atomic E-state index is 12.8. The molecule has 3 aromatic rings. The predicted octanol–water partition coefficient (Wildman–Crippen LogP) is 2.76. The molecule has 0 aliphatic carbocycles. The molecule has 4 nitrogen and oxygen atoms in total. The molecule has 1 aromatic carbocycles. The van der Waals surface area contributed by atoms with Crippen molar-refractivity contribution in [2.24, 2.45) is 7.05 Å². The van der Waals surface area contributed by atoms with Crippen LogP contribution in [-0.2, 0) is 13.5 Å². The summed E-state index contributed by atoms with van der Waals surface area (Å²) in [6.45, 7) is 2.01. The molecular formula is C16H15N3O. The third-order valence-electron chi connectivity index (χ3n) is 3.41. The summed E-state index contributed by atoms with van der Waals surface area (Å²) in [6, 6.07) is 7.59. The zero-order chi connectivity index (χ0) is 14.1. The lowest BCUT2D eigenvalue weighted by molar-refractivity contribution is 0.103. The van der Waals surface area contributed by atoms with Crippen molar-refractivity contribution in [1.29, 1.82) is 0 Å². The van der Waals surface area contributed by atoms with Crippen LogP contribution in [0.15, 0.2) is 42.9 Å². The number of hydrogen-bond donors (Lipinski definition) is 0. The van der Waals surface area contributed by atoms with Gasteiger partial charge in [-0.1, -0.05) is 25.1 Å². The van der Waals surface area contributed by atoms with E-state index in [9.17, 15) is 4.79 Å². The lowest BCUT2D eigenvalue weighted by Crippen LogP contribution is -2.04. The minimum atomic E-state index is 0.0201. The summed E-state index contributed by atoms with van der Waals surface area (Å²) < 4.78 is 1.69. The molecule has 0 unspecified atom stereocenters. The molecule has 20 heavy (non-hydrogen) atoms. The lowest BCUT2D eigenvalue weighted by Gasteiger charge is -2.05. The fourth-order valence-electron chi connectivity index (χ4n) is 2.45. The summed E-state index contributed by atoms with van der Waals surface area (Å²) >= 11 is 0. The molecule has 3 rings (SSSR count). The van der Waals surface area contributed by atoms with Gasteiger partial charge in [-0.2, -0.15) is 5.10 Å². The molecule has 0 saturated carbocycles. The number of rotatable bonds is 3. The predicted molar refractivity (Wildman–Crippen MR) is 77.8 cm³/mol. The van der Waals surface area contributed by atoms with E-state index >= 15 is 0 Å². The minimum absolute atomic E-state index is 0.0201. The Morgan fingerprint density at radius 1 is 1.25 bits per heavy atom. The molecule has 0 amide bonds. The quantitative estimate of drug-likeness (QED) is 0.684. The van der Waals surface area contributed by atoms with Gasteiger partial charge in [-0.25, -0.2) is 0 Å².